The molecule has 0 aliphatic heterocycles. The molecule has 0 radical (unpaired) electrons. The fourth-order valence-corrected chi connectivity index (χ4v) is 2.60. The van der Waals surface area contributed by atoms with Crippen molar-refractivity contribution in [2.75, 3.05) is 18.8 Å². The summed E-state index contributed by atoms with van der Waals surface area (Å²) in [5.74, 6) is 1.74. The molecule has 1 aromatic carbocycles. The second-order valence-corrected chi connectivity index (χ2v) is 5.73. The van der Waals surface area contributed by atoms with Crippen LogP contribution in [0.25, 0.3) is 10.9 Å². The van der Waals surface area contributed by atoms with Gasteiger partial charge in [0.15, 0.2) is 0 Å². The number of benzene rings is 1. The van der Waals surface area contributed by atoms with Crippen molar-refractivity contribution in [3.8, 4) is 0 Å². The summed E-state index contributed by atoms with van der Waals surface area (Å²) in [6, 6.07) is 8.15. The molecule has 18 heavy (non-hydrogen) atoms. The lowest BCUT2D eigenvalue weighted by molar-refractivity contribution is 0.568. The van der Waals surface area contributed by atoms with Crippen molar-refractivity contribution in [2.45, 2.75) is 18.9 Å². The van der Waals surface area contributed by atoms with E-state index >= 15 is 0 Å². The van der Waals surface area contributed by atoms with E-state index in [1.54, 1.807) is 18.1 Å². The van der Waals surface area contributed by atoms with Crippen LogP contribution in [0.4, 0.5) is 0 Å². The van der Waals surface area contributed by atoms with Gasteiger partial charge in [0.1, 0.15) is 11.4 Å². The molecule has 3 nitrogen and oxygen atoms in total. The maximum Gasteiger partial charge on any atom is 0.117 e. The van der Waals surface area contributed by atoms with E-state index in [0.29, 0.717) is 5.92 Å². The van der Waals surface area contributed by atoms with Gasteiger partial charge in [-0.15, -0.1) is 11.8 Å². The Balaban J connectivity index is 1.91. The zero-order valence-corrected chi connectivity index (χ0v) is 11.7. The van der Waals surface area contributed by atoms with Gasteiger partial charge in [0, 0.05) is 17.7 Å². The second-order valence-electron chi connectivity index (χ2n) is 4.64. The van der Waals surface area contributed by atoms with Crippen LogP contribution in [0.2, 0.25) is 0 Å². The number of para-hydroxylation sites is 1. The number of hydrogen-bond donors (Lipinski definition) is 1. The van der Waals surface area contributed by atoms with E-state index in [2.05, 4.69) is 35.2 Å². The van der Waals surface area contributed by atoms with E-state index in [4.69, 9.17) is 0 Å². The van der Waals surface area contributed by atoms with Crippen LogP contribution < -0.4 is 5.32 Å². The van der Waals surface area contributed by atoms with Crippen LogP contribution in [0.3, 0.4) is 0 Å². The molecule has 2 rings (SSSR count). The van der Waals surface area contributed by atoms with Gasteiger partial charge in [-0.3, -0.25) is 0 Å². The van der Waals surface area contributed by atoms with Gasteiger partial charge in [0.05, 0.1) is 5.52 Å². The fourth-order valence-electron chi connectivity index (χ4n) is 1.71. The molecule has 0 fully saturated rings. The Morgan fingerprint density at radius 1 is 1.22 bits per heavy atom. The first-order valence-corrected chi connectivity index (χ1v) is 7.29. The highest BCUT2D eigenvalue weighted by Crippen LogP contribution is 2.23. The monoisotopic (exact) mass is 261 g/mol. The van der Waals surface area contributed by atoms with Gasteiger partial charge in [-0.1, -0.05) is 32.0 Å². The maximum atomic E-state index is 4.36. The van der Waals surface area contributed by atoms with Crippen molar-refractivity contribution in [2.24, 2.45) is 5.92 Å². The van der Waals surface area contributed by atoms with Crippen LogP contribution >= 0.6 is 11.8 Å². The molecule has 0 saturated carbocycles. The van der Waals surface area contributed by atoms with E-state index in [1.165, 1.54) is 0 Å². The summed E-state index contributed by atoms with van der Waals surface area (Å²) in [7, 11) is 0. The predicted molar refractivity (Wildman–Crippen MR) is 78.0 cm³/mol. The highest BCUT2D eigenvalue weighted by Gasteiger charge is 2.03. The molecule has 1 heterocycles. The fraction of sp³-hybridized carbons (Fsp3) is 0.429. The summed E-state index contributed by atoms with van der Waals surface area (Å²) >= 11 is 1.79. The molecular formula is C14H19N3S. The zero-order valence-electron chi connectivity index (χ0n) is 10.9. The number of thioether (sulfide) groups is 1. The van der Waals surface area contributed by atoms with Crippen LogP contribution in [0.15, 0.2) is 35.6 Å². The van der Waals surface area contributed by atoms with E-state index in [0.717, 1.165) is 34.8 Å². The number of fused-ring (bicyclic) bond motifs is 1. The van der Waals surface area contributed by atoms with Crippen molar-refractivity contribution >= 4 is 22.7 Å². The first-order valence-electron chi connectivity index (χ1n) is 6.30. The standard InChI is InChI=1S/C14H19N3S/c1-11(2)9-15-7-8-18-14-12-5-3-4-6-13(12)16-10-17-14/h3-6,10-11,15H,7-9H2,1-2H3. The second kappa shape index (κ2) is 6.71. The van der Waals surface area contributed by atoms with E-state index in [9.17, 15) is 0 Å². The predicted octanol–water partition coefficient (Wildman–Crippen LogP) is 2.97. The molecule has 0 saturated heterocycles. The normalized spacial score (nSPS) is 11.3. The Hall–Kier alpha value is -1.13. The Bertz CT molecular complexity index is 494. The lowest BCUT2D eigenvalue weighted by Gasteiger charge is -2.07. The SMILES string of the molecule is CC(C)CNCCSc1ncnc2ccccc12. The van der Waals surface area contributed by atoms with Crippen molar-refractivity contribution in [3.63, 3.8) is 0 Å². The highest BCUT2D eigenvalue weighted by molar-refractivity contribution is 7.99. The third kappa shape index (κ3) is 3.68. The summed E-state index contributed by atoms with van der Waals surface area (Å²) in [6.07, 6.45) is 1.65. The molecule has 0 spiro atoms. The lowest BCUT2D eigenvalue weighted by Crippen LogP contribution is -2.22. The quantitative estimate of drug-likeness (QED) is 0.493. The molecule has 0 unspecified atom stereocenters. The number of nitrogens with zero attached hydrogens (tertiary/aromatic N) is 2. The minimum absolute atomic E-state index is 0.704. The first kappa shape index (κ1) is 13.3. The molecule has 0 aliphatic rings. The lowest BCUT2D eigenvalue weighted by atomic mass is 10.2. The molecule has 0 amide bonds. The van der Waals surface area contributed by atoms with E-state index in [-0.39, 0.29) is 0 Å². The summed E-state index contributed by atoms with van der Waals surface area (Å²) in [5, 5.41) is 5.66. The Labute approximate surface area is 112 Å². The summed E-state index contributed by atoms with van der Waals surface area (Å²) in [4.78, 5) is 8.63. The number of hydrogen-bond acceptors (Lipinski definition) is 4. The Morgan fingerprint density at radius 3 is 2.89 bits per heavy atom. The summed E-state index contributed by atoms with van der Waals surface area (Å²) < 4.78 is 0. The van der Waals surface area contributed by atoms with Crippen LogP contribution in [-0.2, 0) is 0 Å². The zero-order chi connectivity index (χ0) is 12.8. The largest absolute Gasteiger partial charge is 0.316 e. The van der Waals surface area contributed by atoms with Gasteiger partial charge >= 0.3 is 0 Å². The van der Waals surface area contributed by atoms with Gasteiger partial charge in [-0.2, -0.15) is 0 Å². The van der Waals surface area contributed by atoms with Crippen LogP contribution in [0.1, 0.15) is 13.8 Å². The molecule has 0 atom stereocenters. The van der Waals surface area contributed by atoms with Gasteiger partial charge in [0.2, 0.25) is 0 Å². The van der Waals surface area contributed by atoms with Gasteiger partial charge in [-0.05, 0) is 18.5 Å². The number of nitrogens with one attached hydrogen (secondary N) is 1. The van der Waals surface area contributed by atoms with Crippen LogP contribution in [0.5, 0.6) is 0 Å². The number of rotatable bonds is 6. The van der Waals surface area contributed by atoms with Gasteiger partial charge in [-0.25, -0.2) is 9.97 Å². The highest BCUT2D eigenvalue weighted by atomic mass is 32.2. The topological polar surface area (TPSA) is 37.8 Å². The van der Waals surface area contributed by atoms with Crippen molar-refractivity contribution in [1.82, 2.24) is 15.3 Å². The van der Waals surface area contributed by atoms with Crippen molar-refractivity contribution < 1.29 is 0 Å². The smallest absolute Gasteiger partial charge is 0.117 e. The molecule has 1 N–H and O–H groups in total. The molecular weight excluding hydrogens is 242 g/mol. The molecule has 0 aliphatic carbocycles. The van der Waals surface area contributed by atoms with E-state index in [1.807, 2.05) is 18.2 Å². The van der Waals surface area contributed by atoms with Gasteiger partial charge in [0.25, 0.3) is 0 Å². The molecule has 0 bridgehead atoms. The molecule has 96 valence electrons. The van der Waals surface area contributed by atoms with Crippen molar-refractivity contribution in [1.29, 1.82) is 0 Å². The molecule has 4 heteroatoms. The third-order valence-electron chi connectivity index (χ3n) is 2.58. The average molecular weight is 261 g/mol. The number of aromatic nitrogens is 2. The minimum atomic E-state index is 0.704. The van der Waals surface area contributed by atoms with Crippen LogP contribution in [0, 0.1) is 5.92 Å². The van der Waals surface area contributed by atoms with Crippen molar-refractivity contribution in [3.05, 3.63) is 30.6 Å². The third-order valence-corrected chi connectivity index (χ3v) is 3.58. The Kier molecular flexibility index (Phi) is 4.96. The minimum Gasteiger partial charge on any atom is -0.316 e. The maximum absolute atomic E-state index is 4.36. The summed E-state index contributed by atoms with van der Waals surface area (Å²) in [6.45, 7) is 6.53. The Morgan fingerprint density at radius 2 is 2.06 bits per heavy atom. The van der Waals surface area contributed by atoms with E-state index < -0.39 is 0 Å². The molecule has 1 aromatic heterocycles. The van der Waals surface area contributed by atoms with Gasteiger partial charge < -0.3 is 5.32 Å². The average Bonchev–Trinajstić information content (AvgIpc) is 2.38. The van der Waals surface area contributed by atoms with Crippen LogP contribution in [-0.4, -0.2) is 28.8 Å². The molecule has 2 aromatic rings. The summed E-state index contributed by atoms with van der Waals surface area (Å²) in [5.41, 5.74) is 1.02. The first-order chi connectivity index (χ1) is 8.77.